The van der Waals surface area contributed by atoms with E-state index in [4.69, 9.17) is 10.5 Å². The molecule has 127 valence electrons. The third-order valence-corrected chi connectivity index (χ3v) is 4.32. The first-order chi connectivity index (χ1) is 12.2. The van der Waals surface area contributed by atoms with Crippen molar-refractivity contribution in [3.8, 4) is 11.1 Å². The van der Waals surface area contributed by atoms with E-state index in [2.05, 4.69) is 5.32 Å². The minimum Gasteiger partial charge on any atom is -0.445 e. The lowest BCUT2D eigenvalue weighted by Gasteiger charge is -2.22. The van der Waals surface area contributed by atoms with E-state index in [0.717, 1.165) is 22.3 Å². The van der Waals surface area contributed by atoms with Gasteiger partial charge in [0.25, 0.3) is 0 Å². The zero-order valence-electron chi connectivity index (χ0n) is 13.4. The van der Waals surface area contributed by atoms with Gasteiger partial charge in [-0.15, -0.1) is 0 Å². The molecule has 1 aliphatic rings. The first kappa shape index (κ1) is 16.9. The van der Waals surface area contributed by atoms with Crippen LogP contribution in [0.2, 0.25) is 0 Å². The van der Waals surface area contributed by atoms with E-state index >= 15 is 0 Å². The van der Waals surface area contributed by atoms with E-state index in [1.165, 1.54) is 6.47 Å². The number of hydrogen-bond acceptors (Lipinski definition) is 5. The van der Waals surface area contributed by atoms with Crippen molar-refractivity contribution in [1.29, 1.82) is 0 Å². The van der Waals surface area contributed by atoms with Crippen molar-refractivity contribution in [2.45, 2.75) is 12.0 Å². The van der Waals surface area contributed by atoms with Crippen LogP contribution >= 0.6 is 0 Å². The van der Waals surface area contributed by atoms with E-state index in [1.807, 2.05) is 48.5 Å². The summed E-state index contributed by atoms with van der Waals surface area (Å²) in [4.78, 5) is 34.8. The smallest absolute Gasteiger partial charge is 0.418 e. The Balaban J connectivity index is 1.97. The first-order valence-corrected chi connectivity index (χ1v) is 7.88. The molecule has 0 saturated heterocycles. The summed E-state index contributed by atoms with van der Waals surface area (Å²) < 4.78 is 5.03. The summed E-state index contributed by atoms with van der Waals surface area (Å²) in [5.41, 5.74) is 9.04. The van der Waals surface area contributed by atoms with E-state index in [1.54, 1.807) is 0 Å². The van der Waals surface area contributed by atoms with E-state index < -0.39 is 23.7 Å². The Morgan fingerprint density at radius 3 is 2.16 bits per heavy atom. The second kappa shape index (κ2) is 7.27. The molecule has 0 saturated carbocycles. The van der Waals surface area contributed by atoms with Crippen LogP contribution in [-0.2, 0) is 19.1 Å². The Kier molecular flexibility index (Phi) is 4.90. The summed E-state index contributed by atoms with van der Waals surface area (Å²) in [5, 5.41) is 2.42. The molecule has 3 N–H and O–H groups in total. The highest BCUT2D eigenvalue weighted by atomic mass is 16.5. The zero-order chi connectivity index (χ0) is 17.8. The van der Waals surface area contributed by atoms with Crippen LogP contribution in [-0.4, -0.2) is 37.4 Å². The first-order valence-electron chi connectivity index (χ1n) is 7.88. The molecule has 1 radical (unpaired) electrons. The molecule has 25 heavy (non-hydrogen) atoms. The van der Waals surface area contributed by atoms with Crippen molar-refractivity contribution in [2.75, 3.05) is 13.1 Å². The fraction of sp³-hybridized carbons (Fsp3) is 0.211. The largest absolute Gasteiger partial charge is 0.445 e. The predicted octanol–water partition coefficient (Wildman–Crippen LogP) is 0.895. The number of benzene rings is 2. The van der Waals surface area contributed by atoms with Gasteiger partial charge in [0.05, 0.1) is 19.0 Å². The SMILES string of the molecule is NCC(=O)NCC(=O)C(O[C]=O)C1c2ccccc2-c2ccccc21. The van der Waals surface area contributed by atoms with E-state index in [9.17, 15) is 14.4 Å². The van der Waals surface area contributed by atoms with E-state index in [-0.39, 0.29) is 13.1 Å². The number of ketones is 1. The molecule has 0 heterocycles. The molecule has 0 bridgehead atoms. The number of nitrogens with one attached hydrogen (secondary N) is 1. The number of ether oxygens (including phenoxy) is 1. The number of hydrogen-bond donors (Lipinski definition) is 2. The monoisotopic (exact) mass is 337 g/mol. The summed E-state index contributed by atoms with van der Waals surface area (Å²) >= 11 is 0. The molecule has 1 aliphatic carbocycles. The molecular weight excluding hydrogens is 320 g/mol. The van der Waals surface area contributed by atoms with Crippen molar-refractivity contribution < 1.29 is 19.1 Å². The molecule has 3 rings (SSSR count). The molecule has 1 atom stereocenters. The van der Waals surface area contributed by atoms with Crippen LogP contribution < -0.4 is 11.1 Å². The quantitative estimate of drug-likeness (QED) is 0.782. The standard InChI is InChI=1S/C19H17N2O4/c20-9-17(24)21-10-16(23)19(25-11-22)18-14-7-3-1-5-12(14)13-6-2-4-8-15(13)18/h1-8,18-19H,9-10,20H2,(H,21,24). The summed E-state index contributed by atoms with van der Waals surface area (Å²) in [6.07, 6.45) is -1.07. The number of carbonyl (C=O) groups excluding carboxylic acids is 3. The van der Waals surface area contributed by atoms with Crippen molar-refractivity contribution in [2.24, 2.45) is 5.73 Å². The Labute approximate surface area is 145 Å². The fourth-order valence-corrected chi connectivity index (χ4v) is 3.25. The lowest BCUT2D eigenvalue weighted by molar-refractivity contribution is -0.129. The number of rotatable bonds is 7. The number of carbonyl (C=O) groups is 2. The molecule has 1 amide bonds. The number of Topliss-reactive ketones (excluding diaryl/α,β-unsaturated/α-hetero) is 1. The Morgan fingerprint density at radius 2 is 1.64 bits per heavy atom. The molecule has 2 aromatic carbocycles. The molecule has 2 aromatic rings. The Morgan fingerprint density at radius 1 is 1.08 bits per heavy atom. The Hall–Kier alpha value is -2.99. The number of nitrogens with two attached hydrogens (primary N) is 1. The number of amides is 1. The minimum atomic E-state index is -1.07. The van der Waals surface area contributed by atoms with Crippen molar-refractivity contribution in [1.82, 2.24) is 5.32 Å². The van der Waals surface area contributed by atoms with Crippen molar-refractivity contribution in [3.05, 3.63) is 59.7 Å². The highest BCUT2D eigenvalue weighted by Crippen LogP contribution is 2.46. The minimum absolute atomic E-state index is 0.215. The van der Waals surface area contributed by atoms with Crippen LogP contribution in [0, 0.1) is 0 Å². The van der Waals surface area contributed by atoms with Gasteiger partial charge in [0.15, 0.2) is 11.9 Å². The predicted molar refractivity (Wildman–Crippen MR) is 91.4 cm³/mol. The van der Waals surface area contributed by atoms with Gasteiger partial charge in [0, 0.05) is 0 Å². The molecule has 0 fully saturated rings. The maximum absolute atomic E-state index is 12.6. The molecular formula is C19H17N2O4. The van der Waals surface area contributed by atoms with Gasteiger partial charge in [0.1, 0.15) is 0 Å². The molecule has 0 spiro atoms. The van der Waals surface area contributed by atoms with Gasteiger partial charge in [-0.2, -0.15) is 0 Å². The summed E-state index contributed by atoms with van der Waals surface area (Å²) in [7, 11) is 0. The fourth-order valence-electron chi connectivity index (χ4n) is 3.25. The van der Waals surface area contributed by atoms with Crippen molar-refractivity contribution >= 4 is 18.2 Å². The lowest BCUT2D eigenvalue weighted by Crippen LogP contribution is -2.41. The van der Waals surface area contributed by atoms with Crippen LogP contribution in [0.15, 0.2) is 48.5 Å². The summed E-state index contributed by atoms with van der Waals surface area (Å²) in [6.45, 7) is 0.905. The molecule has 1 unspecified atom stereocenters. The van der Waals surface area contributed by atoms with Gasteiger partial charge < -0.3 is 15.8 Å². The van der Waals surface area contributed by atoms with Gasteiger partial charge >= 0.3 is 6.47 Å². The van der Waals surface area contributed by atoms with Gasteiger partial charge in [-0.05, 0) is 22.3 Å². The van der Waals surface area contributed by atoms with Gasteiger partial charge in [-0.25, -0.2) is 4.79 Å². The second-order valence-electron chi connectivity index (χ2n) is 5.72. The maximum atomic E-state index is 12.6. The lowest BCUT2D eigenvalue weighted by atomic mass is 9.89. The van der Waals surface area contributed by atoms with Gasteiger partial charge in [0.2, 0.25) is 5.91 Å². The van der Waals surface area contributed by atoms with Crippen LogP contribution in [0.25, 0.3) is 11.1 Å². The van der Waals surface area contributed by atoms with Crippen LogP contribution in [0.3, 0.4) is 0 Å². The third-order valence-electron chi connectivity index (χ3n) is 4.32. The average Bonchev–Trinajstić information content (AvgIpc) is 2.98. The topological polar surface area (TPSA) is 98.5 Å². The van der Waals surface area contributed by atoms with Crippen LogP contribution in [0.1, 0.15) is 17.0 Å². The molecule has 6 nitrogen and oxygen atoms in total. The summed E-state index contributed by atoms with van der Waals surface area (Å²) in [5.74, 6) is -1.30. The van der Waals surface area contributed by atoms with Crippen molar-refractivity contribution in [3.63, 3.8) is 0 Å². The maximum Gasteiger partial charge on any atom is 0.418 e. The third kappa shape index (κ3) is 3.16. The van der Waals surface area contributed by atoms with Gasteiger partial charge in [-0.3, -0.25) is 9.59 Å². The number of fused-ring (bicyclic) bond motifs is 3. The van der Waals surface area contributed by atoms with Gasteiger partial charge in [-0.1, -0.05) is 48.5 Å². The highest BCUT2D eigenvalue weighted by molar-refractivity contribution is 5.93. The van der Waals surface area contributed by atoms with Crippen LogP contribution in [0.5, 0.6) is 0 Å². The van der Waals surface area contributed by atoms with Crippen LogP contribution in [0.4, 0.5) is 0 Å². The normalized spacial score (nSPS) is 13.5. The average molecular weight is 337 g/mol. The molecule has 6 heteroatoms. The zero-order valence-corrected chi connectivity index (χ0v) is 13.4. The van der Waals surface area contributed by atoms with E-state index in [0.29, 0.717) is 0 Å². The Bertz CT molecular complexity index is 773. The highest BCUT2D eigenvalue weighted by Gasteiger charge is 2.39. The molecule has 0 aliphatic heterocycles. The second-order valence-corrected chi connectivity index (χ2v) is 5.72. The summed E-state index contributed by atoms with van der Waals surface area (Å²) in [6, 6.07) is 15.3. The molecule has 0 aromatic heterocycles.